The molecule has 0 bridgehead atoms. The third kappa shape index (κ3) is 4.66. The van der Waals surface area contributed by atoms with Gasteiger partial charge in [-0.05, 0) is 23.6 Å². The highest BCUT2D eigenvalue weighted by Crippen LogP contribution is 2.27. The van der Waals surface area contributed by atoms with E-state index in [1.165, 1.54) is 4.88 Å². The van der Waals surface area contributed by atoms with Gasteiger partial charge in [0.05, 0.1) is 12.2 Å². The van der Waals surface area contributed by atoms with Crippen LogP contribution in [0.25, 0.3) is 0 Å². The van der Waals surface area contributed by atoms with Crippen LogP contribution in [0.4, 0.5) is 5.69 Å². The lowest BCUT2D eigenvalue weighted by Gasteiger charge is -2.38. The number of rotatable bonds is 5. The third-order valence-corrected chi connectivity index (χ3v) is 6.50. The number of carbonyl (C=O) groups excluding carboxylic acids is 1. The van der Waals surface area contributed by atoms with Crippen molar-refractivity contribution in [2.75, 3.05) is 63.8 Å². The van der Waals surface area contributed by atoms with Crippen molar-refractivity contribution in [2.24, 2.45) is 0 Å². The van der Waals surface area contributed by atoms with Crippen molar-refractivity contribution in [1.29, 1.82) is 0 Å². The van der Waals surface area contributed by atoms with E-state index < -0.39 is 0 Å². The molecule has 6 nitrogen and oxygen atoms in total. The van der Waals surface area contributed by atoms with E-state index in [0.717, 1.165) is 64.6 Å². The number of nitrogens with zero attached hydrogens (tertiary/aromatic N) is 4. The summed E-state index contributed by atoms with van der Waals surface area (Å²) >= 11 is 1.80. The van der Waals surface area contributed by atoms with E-state index in [0.29, 0.717) is 12.3 Å². The van der Waals surface area contributed by atoms with E-state index in [1.807, 2.05) is 23.1 Å². The van der Waals surface area contributed by atoms with Gasteiger partial charge in [0.1, 0.15) is 5.75 Å². The van der Waals surface area contributed by atoms with E-state index in [9.17, 15) is 9.90 Å². The fourth-order valence-electron chi connectivity index (χ4n) is 3.95. The molecule has 1 aromatic carbocycles. The largest absolute Gasteiger partial charge is 0.506 e. The predicted molar refractivity (Wildman–Crippen MR) is 113 cm³/mol. The van der Waals surface area contributed by atoms with Crippen molar-refractivity contribution in [2.45, 2.75) is 6.54 Å². The lowest BCUT2D eigenvalue weighted by atomic mass is 10.2. The fourth-order valence-corrected chi connectivity index (χ4v) is 4.69. The van der Waals surface area contributed by atoms with Crippen LogP contribution in [0.1, 0.15) is 4.88 Å². The Balaban J connectivity index is 1.20. The van der Waals surface area contributed by atoms with E-state index in [2.05, 4.69) is 32.2 Å². The summed E-state index contributed by atoms with van der Waals surface area (Å²) in [5.41, 5.74) is 0.885. The molecule has 0 unspecified atom stereocenters. The minimum atomic E-state index is 0.242. The molecular formula is C21H28N4O2S. The Bertz CT molecular complexity index is 766. The fraction of sp³-hybridized carbons (Fsp3) is 0.476. The van der Waals surface area contributed by atoms with Crippen molar-refractivity contribution >= 4 is 22.9 Å². The molecule has 2 aromatic rings. The van der Waals surface area contributed by atoms with Gasteiger partial charge in [-0.25, -0.2) is 0 Å². The SMILES string of the molecule is O=C(CN1CCN(c2ccccc2O)CC1)N1CCN(Cc2cccs2)CC1. The molecule has 2 aliphatic rings. The molecule has 3 heterocycles. The number of phenolic OH excluding ortho intramolecular Hbond substituents is 1. The number of aromatic hydroxyl groups is 1. The summed E-state index contributed by atoms with van der Waals surface area (Å²) in [7, 11) is 0. The minimum Gasteiger partial charge on any atom is -0.506 e. The molecule has 0 saturated carbocycles. The van der Waals surface area contributed by atoms with Gasteiger partial charge in [0.25, 0.3) is 0 Å². The summed E-state index contributed by atoms with van der Waals surface area (Å²) in [5, 5.41) is 12.1. The number of para-hydroxylation sites is 2. The first-order valence-corrected chi connectivity index (χ1v) is 10.8. The zero-order valence-corrected chi connectivity index (χ0v) is 17.0. The molecule has 2 aliphatic heterocycles. The molecule has 1 amide bonds. The number of benzene rings is 1. The quantitative estimate of drug-likeness (QED) is 0.831. The number of hydrogen-bond donors (Lipinski definition) is 1. The summed E-state index contributed by atoms with van der Waals surface area (Å²) in [6, 6.07) is 11.7. The maximum Gasteiger partial charge on any atom is 0.236 e. The lowest BCUT2D eigenvalue weighted by molar-refractivity contribution is -0.134. The van der Waals surface area contributed by atoms with Crippen LogP contribution in [0.2, 0.25) is 0 Å². The summed E-state index contributed by atoms with van der Waals surface area (Å²) < 4.78 is 0. The predicted octanol–water partition coefficient (Wildman–Crippen LogP) is 1.92. The Morgan fingerprint density at radius 3 is 2.29 bits per heavy atom. The van der Waals surface area contributed by atoms with Crippen LogP contribution < -0.4 is 4.90 Å². The molecule has 1 N–H and O–H groups in total. The van der Waals surface area contributed by atoms with E-state index in [-0.39, 0.29) is 5.91 Å². The number of piperazine rings is 2. The maximum absolute atomic E-state index is 12.7. The summed E-state index contributed by atoms with van der Waals surface area (Å²) in [6.45, 7) is 8.39. The Kier molecular flexibility index (Phi) is 6.14. The van der Waals surface area contributed by atoms with Gasteiger partial charge in [0, 0.05) is 63.8 Å². The first-order valence-electron chi connectivity index (χ1n) is 9.97. The van der Waals surface area contributed by atoms with Gasteiger partial charge in [0.2, 0.25) is 5.91 Å². The standard InChI is InChI=1S/C21H28N4O2S/c26-20-6-2-1-5-19(20)24-11-7-23(8-12-24)17-21(27)25-13-9-22(10-14-25)16-18-4-3-15-28-18/h1-6,15,26H,7-14,16-17H2. The van der Waals surface area contributed by atoms with Gasteiger partial charge in [0.15, 0.2) is 0 Å². The molecule has 0 radical (unpaired) electrons. The maximum atomic E-state index is 12.7. The van der Waals surface area contributed by atoms with Gasteiger partial charge < -0.3 is 14.9 Å². The van der Waals surface area contributed by atoms with Gasteiger partial charge in [-0.1, -0.05) is 18.2 Å². The topological polar surface area (TPSA) is 50.3 Å². The van der Waals surface area contributed by atoms with Gasteiger partial charge in [-0.15, -0.1) is 11.3 Å². The highest BCUT2D eigenvalue weighted by molar-refractivity contribution is 7.09. The van der Waals surface area contributed by atoms with E-state index in [4.69, 9.17) is 0 Å². The van der Waals surface area contributed by atoms with E-state index in [1.54, 1.807) is 17.4 Å². The number of amides is 1. The zero-order chi connectivity index (χ0) is 19.3. The third-order valence-electron chi connectivity index (χ3n) is 5.64. The molecule has 2 saturated heterocycles. The van der Waals surface area contributed by atoms with Crippen LogP contribution in [-0.2, 0) is 11.3 Å². The number of hydrogen-bond acceptors (Lipinski definition) is 6. The average Bonchev–Trinajstić information content (AvgIpc) is 3.23. The molecule has 0 spiro atoms. The van der Waals surface area contributed by atoms with Crippen molar-refractivity contribution < 1.29 is 9.90 Å². The first-order chi connectivity index (χ1) is 13.7. The molecule has 150 valence electrons. The molecular weight excluding hydrogens is 372 g/mol. The van der Waals surface area contributed by atoms with Crippen molar-refractivity contribution in [1.82, 2.24) is 14.7 Å². The molecule has 2 fully saturated rings. The second-order valence-electron chi connectivity index (χ2n) is 7.49. The number of thiophene rings is 1. The number of phenols is 1. The molecule has 0 aliphatic carbocycles. The van der Waals surface area contributed by atoms with Gasteiger partial charge >= 0.3 is 0 Å². The van der Waals surface area contributed by atoms with Crippen LogP contribution >= 0.6 is 11.3 Å². The molecule has 7 heteroatoms. The van der Waals surface area contributed by atoms with Gasteiger partial charge in [-0.2, -0.15) is 0 Å². The normalized spacial score (nSPS) is 19.1. The summed E-state index contributed by atoms with van der Waals surface area (Å²) in [6.07, 6.45) is 0. The molecule has 28 heavy (non-hydrogen) atoms. The molecule has 0 atom stereocenters. The second-order valence-corrected chi connectivity index (χ2v) is 8.52. The van der Waals surface area contributed by atoms with Crippen molar-refractivity contribution in [3.63, 3.8) is 0 Å². The number of carbonyl (C=O) groups is 1. The zero-order valence-electron chi connectivity index (χ0n) is 16.2. The lowest BCUT2D eigenvalue weighted by Crippen LogP contribution is -2.53. The Morgan fingerprint density at radius 1 is 0.893 bits per heavy atom. The number of anilines is 1. The van der Waals surface area contributed by atoms with Crippen LogP contribution in [0.15, 0.2) is 41.8 Å². The van der Waals surface area contributed by atoms with Crippen LogP contribution in [-0.4, -0.2) is 84.6 Å². The highest BCUT2D eigenvalue weighted by Gasteiger charge is 2.25. The Morgan fingerprint density at radius 2 is 1.61 bits per heavy atom. The van der Waals surface area contributed by atoms with Crippen LogP contribution in [0.3, 0.4) is 0 Å². The Hall–Kier alpha value is -2.09. The highest BCUT2D eigenvalue weighted by atomic mass is 32.1. The average molecular weight is 401 g/mol. The van der Waals surface area contributed by atoms with E-state index >= 15 is 0 Å². The minimum absolute atomic E-state index is 0.242. The monoisotopic (exact) mass is 400 g/mol. The molecule has 1 aromatic heterocycles. The van der Waals surface area contributed by atoms with Crippen LogP contribution in [0, 0.1) is 0 Å². The van der Waals surface area contributed by atoms with Crippen LogP contribution in [0.5, 0.6) is 5.75 Å². The van der Waals surface area contributed by atoms with Crippen molar-refractivity contribution in [3.05, 3.63) is 46.7 Å². The Labute approximate surface area is 170 Å². The molecule has 4 rings (SSSR count). The second kappa shape index (κ2) is 8.94. The first kappa shape index (κ1) is 19.2. The summed E-state index contributed by atoms with van der Waals surface area (Å²) in [4.78, 5) is 23.0. The smallest absolute Gasteiger partial charge is 0.236 e. The van der Waals surface area contributed by atoms with Gasteiger partial charge in [-0.3, -0.25) is 14.6 Å². The summed E-state index contributed by atoms with van der Waals surface area (Å²) in [5.74, 6) is 0.569. The van der Waals surface area contributed by atoms with Crippen molar-refractivity contribution in [3.8, 4) is 5.75 Å².